The quantitative estimate of drug-likeness (QED) is 0.874. The van der Waals surface area contributed by atoms with Crippen LogP contribution >= 0.6 is 11.6 Å². The van der Waals surface area contributed by atoms with Crippen molar-refractivity contribution < 1.29 is 19.1 Å². The third-order valence-corrected chi connectivity index (χ3v) is 2.40. The van der Waals surface area contributed by atoms with Crippen LogP contribution in [0.5, 0.6) is 0 Å². The van der Waals surface area contributed by atoms with Gasteiger partial charge in [0, 0.05) is 7.11 Å². The number of halogens is 1. The zero-order chi connectivity index (χ0) is 12.4. The second-order valence-electron chi connectivity index (χ2n) is 3.24. The van der Waals surface area contributed by atoms with E-state index in [0.717, 1.165) is 0 Å². The number of aromatic amines is 1. The van der Waals surface area contributed by atoms with Gasteiger partial charge >= 0.3 is 5.97 Å². The fraction of sp³-hybridized carbons (Fsp3) is 0.200. The molecule has 2 heterocycles. The Bertz CT molecular complexity index is 534. The van der Waals surface area contributed by atoms with Crippen LogP contribution in [0.1, 0.15) is 28.0 Å². The Morgan fingerprint density at radius 1 is 1.71 bits per heavy atom. The van der Waals surface area contributed by atoms with Crippen molar-refractivity contribution in [3.8, 4) is 0 Å². The summed E-state index contributed by atoms with van der Waals surface area (Å²) in [7, 11) is 1.43. The van der Waals surface area contributed by atoms with Gasteiger partial charge in [-0.1, -0.05) is 11.6 Å². The van der Waals surface area contributed by atoms with E-state index in [4.69, 9.17) is 25.9 Å². The van der Waals surface area contributed by atoms with Crippen molar-refractivity contribution in [1.82, 2.24) is 9.97 Å². The summed E-state index contributed by atoms with van der Waals surface area (Å²) >= 11 is 5.70. The van der Waals surface area contributed by atoms with E-state index in [9.17, 15) is 4.79 Å². The van der Waals surface area contributed by atoms with Gasteiger partial charge in [0.2, 0.25) is 0 Å². The summed E-state index contributed by atoms with van der Waals surface area (Å²) in [5, 5.41) is 9.32. The molecule has 90 valence electrons. The van der Waals surface area contributed by atoms with E-state index in [-0.39, 0.29) is 11.3 Å². The van der Waals surface area contributed by atoms with E-state index in [0.29, 0.717) is 11.0 Å². The van der Waals surface area contributed by atoms with Crippen LogP contribution in [0.4, 0.5) is 0 Å². The molecule has 2 aromatic rings. The molecule has 1 unspecified atom stereocenters. The fourth-order valence-corrected chi connectivity index (χ4v) is 1.64. The highest BCUT2D eigenvalue weighted by Crippen LogP contribution is 2.27. The normalized spacial score (nSPS) is 12.6. The number of H-pyrrole nitrogens is 1. The number of imidazole rings is 1. The molecular formula is C10H9ClN2O4. The highest BCUT2D eigenvalue weighted by molar-refractivity contribution is 6.29. The number of hydrogen-bond donors (Lipinski definition) is 2. The smallest absolute Gasteiger partial charge is 0.339 e. The van der Waals surface area contributed by atoms with Crippen molar-refractivity contribution in [1.29, 1.82) is 0 Å². The molecule has 2 N–H and O–H groups in total. The number of nitrogens with one attached hydrogen (secondary N) is 1. The zero-order valence-corrected chi connectivity index (χ0v) is 9.56. The summed E-state index contributed by atoms with van der Waals surface area (Å²) in [5.74, 6) is -0.533. The molecule has 0 saturated heterocycles. The third-order valence-electron chi connectivity index (χ3n) is 2.21. The molecule has 1 atom stereocenters. The molecule has 2 rings (SSSR count). The maximum atomic E-state index is 11.0. The number of carbonyl (C=O) groups is 1. The number of aromatic carboxylic acids is 1. The van der Waals surface area contributed by atoms with Gasteiger partial charge in [-0.15, -0.1) is 0 Å². The largest absolute Gasteiger partial charge is 0.478 e. The molecular weight excluding hydrogens is 248 g/mol. The minimum absolute atomic E-state index is 0.0318. The minimum Gasteiger partial charge on any atom is -0.478 e. The third kappa shape index (κ3) is 2.17. The number of aromatic nitrogens is 2. The summed E-state index contributed by atoms with van der Waals surface area (Å²) in [6, 6.07) is 1.36. The van der Waals surface area contributed by atoms with Crippen LogP contribution in [0.15, 0.2) is 22.9 Å². The standard InChI is InChI=1S/C10H9ClN2O4/c1-16-8(9-12-4-6(11)13-9)7-5(10(14)15)2-3-17-7/h2-4,8H,1H3,(H,12,13)(H,14,15). The maximum Gasteiger partial charge on any atom is 0.339 e. The number of carboxylic acid groups (broad SMARTS) is 1. The van der Waals surface area contributed by atoms with Crippen LogP contribution < -0.4 is 0 Å². The summed E-state index contributed by atoms with van der Waals surface area (Å²) in [6.45, 7) is 0. The molecule has 6 nitrogen and oxygen atoms in total. The van der Waals surface area contributed by atoms with Gasteiger partial charge < -0.3 is 19.2 Å². The van der Waals surface area contributed by atoms with Crippen molar-refractivity contribution >= 4 is 17.6 Å². The molecule has 7 heteroatoms. The van der Waals surface area contributed by atoms with Crippen molar-refractivity contribution in [2.45, 2.75) is 6.10 Å². The summed E-state index contributed by atoms with van der Waals surface area (Å²) in [4.78, 5) is 17.7. The Kier molecular flexibility index (Phi) is 3.16. The number of rotatable bonds is 4. The highest BCUT2D eigenvalue weighted by atomic mass is 35.5. The van der Waals surface area contributed by atoms with E-state index < -0.39 is 12.1 Å². The monoisotopic (exact) mass is 256 g/mol. The summed E-state index contributed by atoms with van der Waals surface area (Å²) in [5.41, 5.74) is 0.0318. The lowest BCUT2D eigenvalue weighted by atomic mass is 10.1. The van der Waals surface area contributed by atoms with Crippen LogP contribution in [0.25, 0.3) is 0 Å². The zero-order valence-electron chi connectivity index (χ0n) is 8.81. The molecule has 0 aromatic carbocycles. The van der Waals surface area contributed by atoms with Crippen LogP contribution in [0.2, 0.25) is 5.15 Å². The predicted molar refractivity (Wildman–Crippen MR) is 58.1 cm³/mol. The Balaban J connectivity index is 2.42. The number of ether oxygens (including phenoxy) is 1. The first-order valence-electron chi connectivity index (χ1n) is 4.67. The van der Waals surface area contributed by atoms with E-state index in [1.807, 2.05) is 0 Å². The molecule has 0 saturated carbocycles. The lowest BCUT2D eigenvalue weighted by molar-refractivity contribution is 0.0676. The molecule has 0 amide bonds. The number of furan rings is 1. The minimum atomic E-state index is -1.09. The summed E-state index contributed by atoms with van der Waals surface area (Å²) in [6.07, 6.45) is 1.96. The van der Waals surface area contributed by atoms with Gasteiger partial charge in [-0.05, 0) is 6.07 Å². The van der Waals surface area contributed by atoms with Gasteiger partial charge in [-0.3, -0.25) is 0 Å². The maximum absolute atomic E-state index is 11.0. The van der Waals surface area contributed by atoms with E-state index in [2.05, 4.69) is 9.97 Å². The van der Waals surface area contributed by atoms with Crippen molar-refractivity contribution in [2.24, 2.45) is 0 Å². The molecule has 0 radical (unpaired) electrons. The van der Waals surface area contributed by atoms with Crippen LogP contribution in [-0.2, 0) is 4.74 Å². The molecule has 0 spiro atoms. The van der Waals surface area contributed by atoms with Gasteiger partial charge in [-0.2, -0.15) is 0 Å². The predicted octanol–water partition coefficient (Wildman–Crippen LogP) is 2.09. The Labute approximate surface area is 101 Å². The second kappa shape index (κ2) is 4.60. The molecule has 0 aliphatic carbocycles. The van der Waals surface area contributed by atoms with E-state index >= 15 is 0 Å². The molecule has 0 aliphatic rings. The van der Waals surface area contributed by atoms with Crippen LogP contribution in [-0.4, -0.2) is 28.2 Å². The highest BCUT2D eigenvalue weighted by Gasteiger charge is 2.26. The van der Waals surface area contributed by atoms with Gasteiger partial charge in [-0.25, -0.2) is 9.78 Å². The average molecular weight is 257 g/mol. The van der Waals surface area contributed by atoms with Crippen molar-refractivity contribution in [3.05, 3.63) is 40.8 Å². The van der Waals surface area contributed by atoms with Crippen molar-refractivity contribution in [2.75, 3.05) is 7.11 Å². The molecule has 17 heavy (non-hydrogen) atoms. The lowest BCUT2D eigenvalue weighted by Gasteiger charge is -2.10. The van der Waals surface area contributed by atoms with Gasteiger partial charge in [0.15, 0.2) is 11.9 Å². The molecule has 0 bridgehead atoms. The topological polar surface area (TPSA) is 88.4 Å². The lowest BCUT2D eigenvalue weighted by Crippen LogP contribution is -2.09. The first-order chi connectivity index (χ1) is 8.13. The second-order valence-corrected chi connectivity index (χ2v) is 3.64. The number of hydrogen-bond acceptors (Lipinski definition) is 4. The number of nitrogens with zero attached hydrogens (tertiary/aromatic N) is 1. The van der Waals surface area contributed by atoms with Crippen LogP contribution in [0, 0.1) is 0 Å². The van der Waals surface area contributed by atoms with E-state index in [1.165, 1.54) is 25.6 Å². The van der Waals surface area contributed by atoms with Crippen LogP contribution in [0.3, 0.4) is 0 Å². The SMILES string of the molecule is COC(c1ncc(Cl)[nH]1)c1occc1C(=O)O. The van der Waals surface area contributed by atoms with E-state index in [1.54, 1.807) is 0 Å². The van der Waals surface area contributed by atoms with Gasteiger partial charge in [0.25, 0.3) is 0 Å². The van der Waals surface area contributed by atoms with Gasteiger partial charge in [0.05, 0.1) is 12.5 Å². The molecule has 0 fully saturated rings. The summed E-state index contributed by atoms with van der Waals surface area (Å²) < 4.78 is 10.3. The Morgan fingerprint density at radius 3 is 3.00 bits per heavy atom. The molecule has 0 aliphatic heterocycles. The van der Waals surface area contributed by atoms with Crippen molar-refractivity contribution in [3.63, 3.8) is 0 Å². The Morgan fingerprint density at radius 2 is 2.47 bits per heavy atom. The first-order valence-corrected chi connectivity index (χ1v) is 5.05. The number of methoxy groups -OCH3 is 1. The Hall–Kier alpha value is -1.79. The first kappa shape index (κ1) is 11.7. The van der Waals surface area contributed by atoms with Gasteiger partial charge in [0.1, 0.15) is 16.5 Å². The fourth-order valence-electron chi connectivity index (χ4n) is 1.49. The molecule has 2 aromatic heterocycles. The number of carboxylic acids is 1. The average Bonchev–Trinajstić information content (AvgIpc) is 2.89.